The Kier molecular flexibility index (Phi) is 11.8. The first kappa shape index (κ1) is 32.7. The molecule has 3 rings (SSSR count). The molecule has 0 saturated heterocycles. The summed E-state index contributed by atoms with van der Waals surface area (Å²) in [7, 11) is 3.88. The molecular formula is C32H41N7O4. The van der Waals surface area contributed by atoms with Crippen LogP contribution in [0.1, 0.15) is 39.4 Å². The summed E-state index contributed by atoms with van der Waals surface area (Å²) in [5.74, 6) is 0.810. The van der Waals surface area contributed by atoms with Gasteiger partial charge in [0.2, 0.25) is 0 Å². The smallest absolute Gasteiger partial charge is 0.411 e. The third-order valence-corrected chi connectivity index (χ3v) is 6.01. The van der Waals surface area contributed by atoms with Crippen LogP contribution in [-0.4, -0.2) is 72.5 Å². The number of allylic oxidation sites excluding steroid dienone is 8. The number of likely N-dealkylation sites (N-methyl/N-ethyl adjacent to an activating group) is 1. The molecule has 11 heteroatoms. The lowest BCUT2D eigenvalue weighted by Gasteiger charge is -2.23. The molecule has 0 aliphatic heterocycles. The van der Waals surface area contributed by atoms with Crippen LogP contribution in [0.25, 0.3) is 16.5 Å². The van der Waals surface area contributed by atoms with Gasteiger partial charge in [0.1, 0.15) is 11.4 Å². The zero-order chi connectivity index (χ0) is 31.4. The van der Waals surface area contributed by atoms with E-state index in [9.17, 15) is 9.59 Å². The van der Waals surface area contributed by atoms with Crippen LogP contribution in [0, 0.1) is 5.41 Å². The quantitative estimate of drug-likeness (QED) is 0.147. The van der Waals surface area contributed by atoms with Crippen molar-refractivity contribution in [3.05, 3.63) is 84.2 Å². The van der Waals surface area contributed by atoms with Gasteiger partial charge in [-0.15, -0.1) is 0 Å². The summed E-state index contributed by atoms with van der Waals surface area (Å²) < 4.78 is 10.8. The van der Waals surface area contributed by atoms with Gasteiger partial charge in [0.25, 0.3) is 5.91 Å². The highest BCUT2D eigenvalue weighted by molar-refractivity contribution is 5.92. The monoisotopic (exact) mass is 587 g/mol. The number of carbonyl (C=O) groups excluding carboxylic acids is 2. The van der Waals surface area contributed by atoms with Gasteiger partial charge in [0.05, 0.1) is 11.8 Å². The fourth-order valence-electron chi connectivity index (χ4n) is 4.04. The molecule has 11 nitrogen and oxygen atoms in total. The number of amides is 2. The van der Waals surface area contributed by atoms with Crippen molar-refractivity contribution < 1.29 is 19.1 Å². The summed E-state index contributed by atoms with van der Waals surface area (Å²) in [6.45, 7) is 10.4. The molecule has 0 bridgehead atoms. The maximum absolute atomic E-state index is 12.3. The van der Waals surface area contributed by atoms with Crippen LogP contribution in [0.3, 0.4) is 0 Å². The van der Waals surface area contributed by atoms with Crippen molar-refractivity contribution in [2.75, 3.05) is 39.1 Å². The topological polar surface area (TPSA) is 142 Å². The Hall–Kier alpha value is -4.77. The minimum Gasteiger partial charge on any atom is -0.491 e. The van der Waals surface area contributed by atoms with Crippen LogP contribution in [0.4, 0.5) is 10.6 Å². The van der Waals surface area contributed by atoms with Gasteiger partial charge < -0.3 is 30.4 Å². The van der Waals surface area contributed by atoms with Gasteiger partial charge in [-0.1, -0.05) is 30.9 Å². The fraction of sp³-hybridized carbons (Fsp3) is 0.344. The van der Waals surface area contributed by atoms with Crippen molar-refractivity contribution in [2.45, 2.75) is 39.2 Å². The average molecular weight is 588 g/mol. The highest BCUT2D eigenvalue weighted by Gasteiger charge is 2.20. The zero-order valence-electron chi connectivity index (χ0n) is 25.5. The SMILES string of the molecule is C=C/C=C(\C=C\OCC(=O)NCCN(C)C)c1nc(NC2=CC(C=N)=C(NC(=O)OC(C)(C)C)CC2)c2ccccc2n1. The minimum absolute atomic E-state index is 0.113. The van der Waals surface area contributed by atoms with Gasteiger partial charge in [-0.3, -0.25) is 10.1 Å². The van der Waals surface area contributed by atoms with E-state index in [2.05, 4.69) is 22.5 Å². The number of para-hydroxylation sites is 1. The van der Waals surface area contributed by atoms with Crippen LogP contribution in [-0.2, 0) is 14.3 Å². The molecule has 0 atom stereocenters. The second-order valence-electron chi connectivity index (χ2n) is 11.0. The zero-order valence-corrected chi connectivity index (χ0v) is 25.5. The number of aromatic nitrogens is 2. The third kappa shape index (κ3) is 10.5. The normalized spacial score (nSPS) is 14.0. The summed E-state index contributed by atoms with van der Waals surface area (Å²) in [5, 5.41) is 17.7. The second-order valence-corrected chi connectivity index (χ2v) is 11.0. The van der Waals surface area contributed by atoms with Crippen molar-refractivity contribution in [3.63, 3.8) is 0 Å². The van der Waals surface area contributed by atoms with Crippen molar-refractivity contribution in [1.82, 2.24) is 25.5 Å². The number of fused-ring (bicyclic) bond motifs is 1. The number of ether oxygens (including phenoxy) is 2. The predicted octanol–water partition coefficient (Wildman–Crippen LogP) is 4.93. The molecular weight excluding hydrogens is 546 g/mol. The molecule has 4 N–H and O–H groups in total. The van der Waals surface area contributed by atoms with Crippen LogP contribution in [0.2, 0.25) is 0 Å². The first-order chi connectivity index (χ1) is 20.5. The molecule has 1 heterocycles. The number of hydrogen-bond donors (Lipinski definition) is 4. The Morgan fingerprint density at radius 3 is 2.63 bits per heavy atom. The van der Waals surface area contributed by atoms with E-state index in [-0.39, 0.29) is 12.5 Å². The van der Waals surface area contributed by atoms with E-state index in [4.69, 9.17) is 24.9 Å². The van der Waals surface area contributed by atoms with Gasteiger partial charge in [0, 0.05) is 47.2 Å². The van der Waals surface area contributed by atoms with Gasteiger partial charge in [-0.05, 0) is 72.0 Å². The molecule has 2 aromatic rings. The number of benzene rings is 1. The number of nitrogens with zero attached hydrogens (tertiary/aromatic N) is 3. The maximum Gasteiger partial charge on any atom is 0.411 e. The summed E-state index contributed by atoms with van der Waals surface area (Å²) >= 11 is 0. The maximum atomic E-state index is 12.3. The number of nitrogens with one attached hydrogen (secondary N) is 4. The molecule has 43 heavy (non-hydrogen) atoms. The van der Waals surface area contributed by atoms with Gasteiger partial charge in [-0.2, -0.15) is 0 Å². The molecule has 1 aliphatic rings. The molecule has 0 saturated carbocycles. The van der Waals surface area contributed by atoms with E-state index < -0.39 is 11.7 Å². The molecule has 0 unspecified atom stereocenters. The van der Waals surface area contributed by atoms with Gasteiger partial charge >= 0.3 is 6.09 Å². The Morgan fingerprint density at radius 1 is 1.16 bits per heavy atom. The van der Waals surface area contributed by atoms with Crippen molar-refractivity contribution in [1.29, 1.82) is 5.41 Å². The van der Waals surface area contributed by atoms with E-state index in [1.165, 1.54) is 12.5 Å². The largest absolute Gasteiger partial charge is 0.491 e. The number of carbonyl (C=O) groups is 2. The molecule has 1 aliphatic carbocycles. The van der Waals surface area contributed by atoms with Crippen LogP contribution in [0.15, 0.2) is 78.4 Å². The van der Waals surface area contributed by atoms with Crippen molar-refractivity contribution in [3.8, 4) is 0 Å². The predicted molar refractivity (Wildman–Crippen MR) is 170 cm³/mol. The van der Waals surface area contributed by atoms with Crippen LogP contribution >= 0.6 is 0 Å². The summed E-state index contributed by atoms with van der Waals surface area (Å²) in [5.41, 5.74) is 2.76. The Morgan fingerprint density at radius 2 is 1.93 bits per heavy atom. The number of alkyl carbamates (subject to hydrolysis) is 1. The highest BCUT2D eigenvalue weighted by Crippen LogP contribution is 2.28. The number of anilines is 1. The summed E-state index contributed by atoms with van der Waals surface area (Å²) in [6.07, 6.45) is 10.1. The van der Waals surface area contributed by atoms with Crippen molar-refractivity contribution >= 4 is 40.5 Å². The van der Waals surface area contributed by atoms with E-state index in [0.717, 1.165) is 23.1 Å². The van der Waals surface area contributed by atoms with Crippen LogP contribution < -0.4 is 16.0 Å². The third-order valence-electron chi connectivity index (χ3n) is 6.01. The molecule has 2 amide bonds. The molecule has 1 aromatic heterocycles. The molecule has 0 fully saturated rings. The number of rotatable bonds is 13. The standard InChI is InChI=1S/C32H41N7O4/c1-7-10-22(15-18-42-21-28(40)34-16-17-39(5)6)29-36-27-12-9-8-11-25(27)30(38-29)35-24-13-14-26(23(19-24)20-33)37-31(41)43-32(2,3)4/h7-12,15,18-20,33H,1,13-14,16-17,21H2,2-6H3,(H,34,40)(H,37,41)(H,35,36,38)/b18-15+,22-10+,33-20?. The first-order valence-electron chi connectivity index (χ1n) is 14.0. The minimum atomic E-state index is -0.626. The Balaban J connectivity index is 1.82. The lowest BCUT2D eigenvalue weighted by atomic mass is 10.0. The van der Waals surface area contributed by atoms with Crippen molar-refractivity contribution in [2.24, 2.45) is 0 Å². The van der Waals surface area contributed by atoms with E-state index in [0.29, 0.717) is 47.9 Å². The molecule has 228 valence electrons. The Labute approximate surface area is 253 Å². The second kappa shape index (κ2) is 15.5. The molecule has 0 radical (unpaired) electrons. The lowest BCUT2D eigenvalue weighted by molar-refractivity contribution is -0.124. The lowest BCUT2D eigenvalue weighted by Crippen LogP contribution is -2.33. The number of hydrogen-bond acceptors (Lipinski definition) is 9. The fourth-order valence-corrected chi connectivity index (χ4v) is 4.04. The first-order valence-corrected chi connectivity index (χ1v) is 14.0. The average Bonchev–Trinajstić information content (AvgIpc) is 2.94. The van der Waals surface area contributed by atoms with E-state index in [1.54, 1.807) is 39.0 Å². The van der Waals surface area contributed by atoms with Gasteiger partial charge in [-0.25, -0.2) is 14.8 Å². The molecule has 0 spiro atoms. The highest BCUT2D eigenvalue weighted by atomic mass is 16.6. The summed E-state index contributed by atoms with van der Waals surface area (Å²) in [6, 6.07) is 7.64. The van der Waals surface area contributed by atoms with Gasteiger partial charge in [0.15, 0.2) is 12.4 Å². The van der Waals surface area contributed by atoms with E-state index >= 15 is 0 Å². The molecule has 1 aromatic carbocycles. The van der Waals surface area contributed by atoms with Crippen LogP contribution in [0.5, 0.6) is 0 Å². The summed E-state index contributed by atoms with van der Waals surface area (Å²) in [4.78, 5) is 35.9. The Bertz CT molecular complexity index is 1470. The van der Waals surface area contributed by atoms with E-state index in [1.807, 2.05) is 49.3 Å².